The van der Waals surface area contributed by atoms with Gasteiger partial charge in [-0.1, -0.05) is 35.3 Å². The van der Waals surface area contributed by atoms with Crippen molar-refractivity contribution in [2.45, 2.75) is 12.5 Å². The van der Waals surface area contributed by atoms with Crippen molar-refractivity contribution in [1.29, 1.82) is 0 Å². The molecule has 2 amide bonds. The van der Waals surface area contributed by atoms with Gasteiger partial charge in [-0.2, -0.15) is 9.78 Å². The Labute approximate surface area is 253 Å². The number of thiazole rings is 1. The standard InChI is InChI=1S/C27H21Cl2N9O3S/c1-41-27(40)32-19-6-2-16(3-7-19)21-12-23(34-35-26(21)29)22(11-20-13-42-15-30-20)33-25(39)9-4-17-10-18(28)5-8-24(17)38-14-31-36-37-38/h2-10,12-15,22H,11H2,1H3,(H,32,40)(H,33,39)/b9-4+/t22-/m0/s1. The molecule has 0 bridgehead atoms. The Morgan fingerprint density at radius 2 is 1.95 bits per heavy atom. The number of hydrogen-bond acceptors (Lipinski definition) is 10. The Morgan fingerprint density at radius 1 is 1.12 bits per heavy atom. The summed E-state index contributed by atoms with van der Waals surface area (Å²) >= 11 is 14.1. The van der Waals surface area contributed by atoms with Crippen LogP contribution < -0.4 is 10.6 Å². The fraction of sp³-hybridized carbons (Fsp3) is 0.111. The van der Waals surface area contributed by atoms with Crippen molar-refractivity contribution in [2.24, 2.45) is 0 Å². The molecular weight excluding hydrogens is 601 g/mol. The average Bonchev–Trinajstić information content (AvgIpc) is 3.72. The Kier molecular flexibility index (Phi) is 9.12. The van der Waals surface area contributed by atoms with Gasteiger partial charge >= 0.3 is 6.09 Å². The van der Waals surface area contributed by atoms with Crippen LogP contribution in [-0.4, -0.2) is 54.5 Å². The van der Waals surface area contributed by atoms with Crippen molar-refractivity contribution in [3.8, 4) is 16.8 Å². The Morgan fingerprint density at radius 3 is 2.67 bits per heavy atom. The first kappa shape index (κ1) is 28.8. The number of carbonyl (C=O) groups is 2. The summed E-state index contributed by atoms with van der Waals surface area (Å²) in [5.41, 5.74) is 6.15. The lowest BCUT2D eigenvalue weighted by molar-refractivity contribution is -0.117. The SMILES string of the molecule is COC(=O)Nc1ccc(-c2cc([C@H](Cc3cscn3)NC(=O)/C=C/c3cc(Cl)ccc3-n3cnnn3)nnc2Cl)cc1. The molecule has 0 fully saturated rings. The van der Waals surface area contributed by atoms with Gasteiger partial charge in [0.05, 0.1) is 35.7 Å². The minimum absolute atomic E-state index is 0.183. The van der Waals surface area contributed by atoms with Gasteiger partial charge in [-0.05, 0) is 58.5 Å². The van der Waals surface area contributed by atoms with Gasteiger partial charge in [0, 0.05) is 39.7 Å². The molecule has 0 aliphatic rings. The van der Waals surface area contributed by atoms with Crippen LogP contribution in [0.25, 0.3) is 22.9 Å². The molecule has 0 aliphatic heterocycles. The van der Waals surface area contributed by atoms with Gasteiger partial charge in [0.1, 0.15) is 6.33 Å². The smallest absolute Gasteiger partial charge is 0.411 e. The van der Waals surface area contributed by atoms with E-state index in [0.717, 1.165) is 11.3 Å². The molecule has 0 saturated carbocycles. The van der Waals surface area contributed by atoms with Gasteiger partial charge in [-0.15, -0.1) is 21.5 Å². The van der Waals surface area contributed by atoms with Gasteiger partial charge < -0.3 is 10.1 Å². The third-order valence-corrected chi connectivity index (χ3v) is 7.11. The lowest BCUT2D eigenvalue weighted by Crippen LogP contribution is -2.29. The van der Waals surface area contributed by atoms with E-state index in [4.69, 9.17) is 23.2 Å². The second-order valence-electron chi connectivity index (χ2n) is 8.70. The summed E-state index contributed by atoms with van der Waals surface area (Å²) in [4.78, 5) is 29.0. The second-order valence-corrected chi connectivity index (χ2v) is 10.2. The lowest BCUT2D eigenvalue weighted by Gasteiger charge is -2.17. The average molecular weight is 622 g/mol. The van der Waals surface area contributed by atoms with E-state index in [1.54, 1.807) is 60.1 Å². The number of benzene rings is 2. The van der Waals surface area contributed by atoms with E-state index in [9.17, 15) is 9.59 Å². The molecule has 5 rings (SSSR count). The normalized spacial score (nSPS) is 11.8. The van der Waals surface area contributed by atoms with Crippen LogP contribution in [0.3, 0.4) is 0 Å². The van der Waals surface area contributed by atoms with E-state index in [1.807, 2.05) is 5.38 Å². The maximum absolute atomic E-state index is 13.2. The molecule has 12 nitrogen and oxygen atoms in total. The summed E-state index contributed by atoms with van der Waals surface area (Å²) < 4.78 is 6.10. The molecule has 212 valence electrons. The summed E-state index contributed by atoms with van der Waals surface area (Å²) in [7, 11) is 1.29. The van der Waals surface area contributed by atoms with Crippen molar-refractivity contribution < 1.29 is 14.3 Å². The molecule has 3 aromatic heterocycles. The molecule has 5 aromatic rings. The monoisotopic (exact) mass is 621 g/mol. The van der Waals surface area contributed by atoms with Crippen LogP contribution in [0, 0.1) is 0 Å². The molecule has 2 aromatic carbocycles. The molecule has 15 heteroatoms. The molecule has 42 heavy (non-hydrogen) atoms. The third kappa shape index (κ3) is 7.13. The second kappa shape index (κ2) is 13.3. The van der Waals surface area contributed by atoms with Gasteiger partial charge in [0.25, 0.3) is 0 Å². The van der Waals surface area contributed by atoms with E-state index < -0.39 is 12.1 Å². The number of tetrazole rings is 1. The highest BCUT2D eigenvalue weighted by Gasteiger charge is 2.20. The summed E-state index contributed by atoms with van der Waals surface area (Å²) in [6, 6.07) is 13.3. The quantitative estimate of drug-likeness (QED) is 0.212. The zero-order chi connectivity index (χ0) is 29.5. The van der Waals surface area contributed by atoms with Crippen LogP contribution in [0.15, 0.2) is 71.8 Å². The Hall–Kier alpha value is -4.72. The van der Waals surface area contributed by atoms with E-state index in [2.05, 4.69) is 46.1 Å². The first-order valence-corrected chi connectivity index (χ1v) is 14.0. The molecule has 1 atom stereocenters. The number of anilines is 1. The number of halogens is 2. The predicted octanol–water partition coefficient (Wildman–Crippen LogP) is 5.17. The van der Waals surface area contributed by atoms with Crippen LogP contribution in [-0.2, 0) is 16.0 Å². The number of carbonyl (C=O) groups excluding carboxylic acids is 2. The van der Waals surface area contributed by atoms with Gasteiger partial charge in [0.15, 0.2) is 5.15 Å². The first-order chi connectivity index (χ1) is 20.4. The molecule has 0 aliphatic carbocycles. The number of nitrogens with one attached hydrogen (secondary N) is 2. The summed E-state index contributed by atoms with van der Waals surface area (Å²) in [6.45, 7) is 0. The summed E-state index contributed by atoms with van der Waals surface area (Å²) in [5, 5.41) is 27.8. The van der Waals surface area contributed by atoms with Crippen LogP contribution >= 0.6 is 34.5 Å². The van der Waals surface area contributed by atoms with Crippen molar-refractivity contribution in [2.75, 3.05) is 12.4 Å². The fourth-order valence-corrected chi connectivity index (χ4v) is 4.92. The van der Waals surface area contributed by atoms with Crippen LogP contribution in [0.4, 0.5) is 10.5 Å². The van der Waals surface area contributed by atoms with Crippen molar-refractivity contribution in [1.82, 2.24) is 40.7 Å². The van der Waals surface area contributed by atoms with E-state index >= 15 is 0 Å². The number of aromatic nitrogens is 7. The third-order valence-electron chi connectivity index (χ3n) is 5.97. The largest absolute Gasteiger partial charge is 0.453 e. The highest BCUT2D eigenvalue weighted by atomic mass is 35.5. The number of nitrogens with zero attached hydrogens (tertiary/aromatic N) is 7. The Balaban J connectivity index is 1.40. The maximum Gasteiger partial charge on any atom is 0.411 e. The molecule has 2 N–H and O–H groups in total. The van der Waals surface area contributed by atoms with Crippen LogP contribution in [0.1, 0.15) is 23.0 Å². The highest BCUT2D eigenvalue weighted by Crippen LogP contribution is 2.30. The summed E-state index contributed by atoms with van der Waals surface area (Å²) in [5.74, 6) is -0.380. The number of rotatable bonds is 9. The van der Waals surface area contributed by atoms with Gasteiger partial charge in [-0.25, -0.2) is 9.78 Å². The minimum Gasteiger partial charge on any atom is -0.453 e. The Bertz CT molecular complexity index is 1710. The molecular formula is C27H21Cl2N9O3S. The van der Waals surface area contributed by atoms with Gasteiger partial charge in [-0.3, -0.25) is 10.1 Å². The zero-order valence-electron chi connectivity index (χ0n) is 21.8. The predicted molar refractivity (Wildman–Crippen MR) is 158 cm³/mol. The zero-order valence-corrected chi connectivity index (χ0v) is 24.1. The van der Waals surface area contributed by atoms with Crippen molar-refractivity contribution in [3.05, 3.63) is 99.0 Å². The number of hydrogen-bond donors (Lipinski definition) is 2. The maximum atomic E-state index is 13.2. The molecule has 3 heterocycles. The van der Waals surface area contributed by atoms with E-state index in [0.29, 0.717) is 39.6 Å². The van der Waals surface area contributed by atoms with E-state index in [-0.39, 0.29) is 11.1 Å². The van der Waals surface area contributed by atoms with Crippen molar-refractivity contribution in [3.63, 3.8) is 0 Å². The van der Waals surface area contributed by atoms with E-state index in [1.165, 1.54) is 35.5 Å². The van der Waals surface area contributed by atoms with Crippen LogP contribution in [0.5, 0.6) is 0 Å². The number of methoxy groups -OCH3 is 1. The highest BCUT2D eigenvalue weighted by molar-refractivity contribution is 7.07. The molecule has 0 spiro atoms. The fourth-order valence-electron chi connectivity index (χ4n) is 3.97. The first-order valence-electron chi connectivity index (χ1n) is 12.3. The summed E-state index contributed by atoms with van der Waals surface area (Å²) in [6.07, 6.45) is 4.26. The van der Waals surface area contributed by atoms with Gasteiger partial charge in [0.2, 0.25) is 5.91 Å². The number of amides is 2. The number of ether oxygens (including phenoxy) is 1. The topological polar surface area (TPSA) is 150 Å². The minimum atomic E-state index is -0.578. The molecule has 0 saturated heterocycles. The van der Waals surface area contributed by atoms with Crippen molar-refractivity contribution >= 4 is 58.3 Å². The molecule has 0 unspecified atom stereocenters. The lowest BCUT2D eigenvalue weighted by atomic mass is 10.0. The molecule has 0 radical (unpaired) electrons. The van der Waals surface area contributed by atoms with Crippen LogP contribution in [0.2, 0.25) is 10.2 Å².